The van der Waals surface area contributed by atoms with Gasteiger partial charge in [0, 0.05) is 42.7 Å². The van der Waals surface area contributed by atoms with Gasteiger partial charge in [-0.1, -0.05) is 0 Å². The van der Waals surface area contributed by atoms with Gasteiger partial charge in [0.25, 0.3) is 0 Å². The van der Waals surface area contributed by atoms with E-state index < -0.39 is 0 Å². The Kier molecular flexibility index (Phi) is 3.26. The zero-order chi connectivity index (χ0) is 17.8. The molecule has 4 nitrogen and oxygen atoms in total. The summed E-state index contributed by atoms with van der Waals surface area (Å²) in [6.07, 6.45) is 7.95. The molecule has 0 amide bonds. The van der Waals surface area contributed by atoms with Crippen LogP contribution in [-0.2, 0) is 13.0 Å². The van der Waals surface area contributed by atoms with Crippen molar-refractivity contribution in [2.45, 2.75) is 33.2 Å². The van der Waals surface area contributed by atoms with Crippen molar-refractivity contribution < 1.29 is 4.39 Å². The summed E-state index contributed by atoms with van der Waals surface area (Å²) in [5, 5.41) is 0. The van der Waals surface area contributed by atoms with E-state index in [1.807, 2.05) is 29.7 Å². The summed E-state index contributed by atoms with van der Waals surface area (Å²) < 4.78 is 18.3. The molecule has 0 spiro atoms. The third-order valence-corrected chi connectivity index (χ3v) is 5.25. The molecule has 1 aromatic carbocycles. The quantitative estimate of drug-likeness (QED) is 0.533. The number of nitrogens with zero attached hydrogens (tertiary/aromatic N) is 4. The van der Waals surface area contributed by atoms with Gasteiger partial charge in [0.2, 0.25) is 0 Å². The van der Waals surface area contributed by atoms with E-state index in [1.165, 1.54) is 0 Å². The predicted molar refractivity (Wildman–Crippen MR) is 99.6 cm³/mol. The van der Waals surface area contributed by atoms with Gasteiger partial charge in [-0.15, -0.1) is 0 Å². The van der Waals surface area contributed by atoms with Crippen molar-refractivity contribution in [3.8, 4) is 22.5 Å². The Morgan fingerprint density at radius 1 is 1.12 bits per heavy atom. The summed E-state index contributed by atoms with van der Waals surface area (Å²) in [6, 6.07) is 7.65. The summed E-state index contributed by atoms with van der Waals surface area (Å²) in [4.78, 5) is 9.28. The lowest BCUT2D eigenvalue weighted by molar-refractivity contribution is 0.617. The largest absolute Gasteiger partial charge is 0.327 e. The first-order valence-electron chi connectivity index (χ1n) is 8.91. The summed E-state index contributed by atoms with van der Waals surface area (Å²) in [6.45, 7) is 4.73. The van der Waals surface area contributed by atoms with Crippen molar-refractivity contribution in [3.63, 3.8) is 0 Å². The lowest BCUT2D eigenvalue weighted by Crippen LogP contribution is -1.98. The lowest BCUT2D eigenvalue weighted by Gasteiger charge is -2.12. The van der Waals surface area contributed by atoms with Gasteiger partial charge in [-0.05, 0) is 55.7 Å². The molecule has 0 radical (unpaired) electrons. The molecule has 1 aliphatic heterocycles. The van der Waals surface area contributed by atoms with Crippen molar-refractivity contribution in [1.29, 1.82) is 0 Å². The highest BCUT2D eigenvalue weighted by Gasteiger charge is 2.24. The molecule has 0 saturated heterocycles. The van der Waals surface area contributed by atoms with Gasteiger partial charge in [0.15, 0.2) is 0 Å². The van der Waals surface area contributed by atoms with Crippen LogP contribution in [0.1, 0.15) is 23.4 Å². The molecule has 5 heteroatoms. The van der Waals surface area contributed by atoms with Crippen LogP contribution in [0, 0.1) is 19.7 Å². The van der Waals surface area contributed by atoms with E-state index in [0.29, 0.717) is 5.56 Å². The third kappa shape index (κ3) is 2.20. The van der Waals surface area contributed by atoms with Crippen LogP contribution < -0.4 is 0 Å². The van der Waals surface area contributed by atoms with Gasteiger partial charge in [0.1, 0.15) is 17.3 Å². The molecule has 130 valence electrons. The first kappa shape index (κ1) is 15.3. The number of hydrogen-bond acceptors (Lipinski definition) is 2. The van der Waals surface area contributed by atoms with E-state index in [4.69, 9.17) is 4.98 Å². The second-order valence-corrected chi connectivity index (χ2v) is 7.01. The Morgan fingerprint density at radius 2 is 2.00 bits per heavy atom. The van der Waals surface area contributed by atoms with E-state index >= 15 is 0 Å². The number of aryl methyl sites for hydroxylation is 3. The van der Waals surface area contributed by atoms with Crippen molar-refractivity contribution in [2.75, 3.05) is 0 Å². The summed E-state index contributed by atoms with van der Waals surface area (Å²) in [5.74, 6) is 0.946. The number of rotatable bonds is 2. The zero-order valence-corrected chi connectivity index (χ0v) is 14.8. The van der Waals surface area contributed by atoms with Crippen LogP contribution >= 0.6 is 0 Å². The lowest BCUT2D eigenvalue weighted by atomic mass is 9.99. The fraction of sp³-hybridized carbons (Fsp3) is 0.238. The first-order valence-corrected chi connectivity index (χ1v) is 8.91. The van der Waals surface area contributed by atoms with Crippen LogP contribution in [0.4, 0.5) is 4.39 Å². The van der Waals surface area contributed by atoms with Gasteiger partial charge >= 0.3 is 0 Å². The SMILES string of the molecule is Cc1cc(-c2nc3n(c2-c2ccc4nccn4c2)CCC3)c(C)cc1F. The van der Waals surface area contributed by atoms with Gasteiger partial charge in [0.05, 0.1) is 11.4 Å². The topological polar surface area (TPSA) is 35.1 Å². The Hall–Kier alpha value is -2.95. The number of aromatic nitrogens is 4. The minimum absolute atomic E-state index is 0.167. The summed E-state index contributed by atoms with van der Waals surface area (Å²) in [7, 11) is 0. The molecule has 1 aliphatic rings. The molecule has 4 aromatic rings. The molecule has 3 aromatic heterocycles. The average Bonchev–Trinajstić information content (AvgIpc) is 3.32. The fourth-order valence-electron chi connectivity index (χ4n) is 3.90. The Balaban J connectivity index is 1.78. The smallest absolute Gasteiger partial charge is 0.136 e. The van der Waals surface area contributed by atoms with Gasteiger partial charge in [-0.2, -0.15) is 0 Å². The number of hydrogen-bond donors (Lipinski definition) is 0. The van der Waals surface area contributed by atoms with E-state index in [0.717, 1.165) is 58.9 Å². The van der Waals surface area contributed by atoms with E-state index in [1.54, 1.807) is 19.2 Å². The second-order valence-electron chi connectivity index (χ2n) is 7.01. The molecule has 0 unspecified atom stereocenters. The first-order chi connectivity index (χ1) is 12.6. The van der Waals surface area contributed by atoms with Crippen molar-refractivity contribution in [2.24, 2.45) is 0 Å². The predicted octanol–water partition coefficient (Wildman–Crippen LogP) is 4.57. The Labute approximate surface area is 151 Å². The van der Waals surface area contributed by atoms with Crippen molar-refractivity contribution >= 4 is 5.65 Å². The molecule has 0 fully saturated rings. The molecular weight excluding hydrogens is 327 g/mol. The van der Waals surface area contributed by atoms with Crippen molar-refractivity contribution in [1.82, 2.24) is 18.9 Å². The maximum absolute atomic E-state index is 14.0. The number of benzene rings is 1. The fourth-order valence-corrected chi connectivity index (χ4v) is 3.90. The number of halogens is 1. The van der Waals surface area contributed by atoms with Gasteiger partial charge in [-0.25, -0.2) is 14.4 Å². The van der Waals surface area contributed by atoms with Crippen LogP contribution in [0.5, 0.6) is 0 Å². The van der Waals surface area contributed by atoms with Gasteiger partial charge < -0.3 is 8.97 Å². The average molecular weight is 346 g/mol. The highest BCUT2D eigenvalue weighted by molar-refractivity contribution is 5.81. The highest BCUT2D eigenvalue weighted by atomic mass is 19.1. The van der Waals surface area contributed by atoms with Crippen LogP contribution in [0.2, 0.25) is 0 Å². The molecular formula is C21H19FN4. The minimum Gasteiger partial charge on any atom is -0.327 e. The summed E-state index contributed by atoms with van der Waals surface area (Å²) in [5.41, 5.74) is 6.65. The molecule has 0 aliphatic carbocycles. The molecule has 0 atom stereocenters. The van der Waals surface area contributed by atoms with Crippen LogP contribution in [0.15, 0.2) is 42.9 Å². The Bertz CT molecular complexity index is 1150. The molecule has 0 N–H and O–H groups in total. The zero-order valence-electron chi connectivity index (χ0n) is 14.8. The maximum Gasteiger partial charge on any atom is 0.136 e. The van der Waals surface area contributed by atoms with Crippen LogP contribution in [0.25, 0.3) is 28.2 Å². The minimum atomic E-state index is -0.167. The molecule has 5 rings (SSSR count). The van der Waals surface area contributed by atoms with Crippen molar-refractivity contribution in [3.05, 3.63) is 65.6 Å². The molecule has 0 saturated carbocycles. The van der Waals surface area contributed by atoms with E-state index in [-0.39, 0.29) is 5.82 Å². The van der Waals surface area contributed by atoms with E-state index in [9.17, 15) is 4.39 Å². The number of fused-ring (bicyclic) bond motifs is 2. The normalized spacial score (nSPS) is 13.5. The second kappa shape index (κ2) is 5.53. The molecule has 4 heterocycles. The number of imidazole rings is 2. The Morgan fingerprint density at radius 3 is 2.88 bits per heavy atom. The van der Waals surface area contributed by atoms with E-state index in [2.05, 4.69) is 21.8 Å². The van der Waals surface area contributed by atoms with Crippen LogP contribution in [0.3, 0.4) is 0 Å². The maximum atomic E-state index is 14.0. The van der Waals surface area contributed by atoms with Gasteiger partial charge in [-0.3, -0.25) is 0 Å². The van der Waals surface area contributed by atoms with Crippen LogP contribution in [-0.4, -0.2) is 18.9 Å². The highest BCUT2D eigenvalue weighted by Crippen LogP contribution is 2.37. The summed E-state index contributed by atoms with van der Waals surface area (Å²) >= 11 is 0. The molecule has 26 heavy (non-hydrogen) atoms. The number of pyridine rings is 1. The third-order valence-electron chi connectivity index (χ3n) is 5.25. The monoisotopic (exact) mass is 346 g/mol. The standard InChI is InChI=1S/C21H19FN4/c1-13-11-17(22)14(2)10-16(13)20-21(26-8-3-4-19(26)24-20)15-5-6-18-23-7-9-25(18)12-15/h5-7,9-12H,3-4,8H2,1-2H3. The molecule has 0 bridgehead atoms.